The van der Waals surface area contributed by atoms with Crippen molar-refractivity contribution in [1.82, 2.24) is 4.31 Å². The molecule has 1 amide bonds. The van der Waals surface area contributed by atoms with Gasteiger partial charge < -0.3 is 14.8 Å². The zero-order valence-corrected chi connectivity index (χ0v) is 18.3. The van der Waals surface area contributed by atoms with Crippen molar-refractivity contribution in [3.05, 3.63) is 53.1 Å². The van der Waals surface area contributed by atoms with Crippen molar-refractivity contribution in [2.24, 2.45) is 0 Å². The lowest BCUT2D eigenvalue weighted by Gasteiger charge is -2.34. The number of hydrogen-bond donors (Lipinski definition) is 1. The molecule has 0 radical (unpaired) electrons. The van der Waals surface area contributed by atoms with Gasteiger partial charge in [0.05, 0.1) is 22.9 Å². The molecule has 1 heterocycles. The van der Waals surface area contributed by atoms with Crippen molar-refractivity contribution >= 4 is 33.2 Å². The number of amides is 1. The predicted molar refractivity (Wildman–Crippen MR) is 111 cm³/mol. The molecular formula is C20H21ClF2N2O5S. The topological polar surface area (TPSA) is 84.9 Å². The Balaban J connectivity index is 1.88. The van der Waals surface area contributed by atoms with E-state index in [0.29, 0.717) is 0 Å². The molecule has 2 aromatic carbocycles. The molecule has 31 heavy (non-hydrogen) atoms. The number of carbonyl (C=O) groups excluding carboxylic acids is 1. The Kier molecular flexibility index (Phi) is 7.15. The zero-order chi connectivity index (χ0) is 22.8. The number of sulfonamides is 1. The van der Waals surface area contributed by atoms with Crippen molar-refractivity contribution in [3.8, 4) is 5.75 Å². The van der Waals surface area contributed by atoms with E-state index in [4.69, 9.17) is 16.3 Å². The van der Waals surface area contributed by atoms with Gasteiger partial charge in [-0.1, -0.05) is 23.7 Å². The maximum Gasteiger partial charge on any atom is 0.387 e. The van der Waals surface area contributed by atoms with Gasteiger partial charge in [0.25, 0.3) is 5.91 Å². The molecule has 1 N–H and O–H groups in total. The SMILES string of the molecule is CC1CN(S(=O)(=O)c2cc(C(=O)Nc3ccccc3OC(F)F)ccc2Cl)CC(C)O1. The number of rotatable bonds is 6. The van der Waals surface area contributed by atoms with Crippen LogP contribution < -0.4 is 10.1 Å². The van der Waals surface area contributed by atoms with E-state index in [9.17, 15) is 22.0 Å². The van der Waals surface area contributed by atoms with Gasteiger partial charge in [-0.05, 0) is 44.2 Å². The largest absolute Gasteiger partial charge is 0.433 e. The molecule has 0 spiro atoms. The fourth-order valence-corrected chi connectivity index (χ4v) is 5.36. The Morgan fingerprint density at radius 1 is 1.19 bits per heavy atom. The molecule has 168 valence electrons. The summed E-state index contributed by atoms with van der Waals surface area (Å²) in [7, 11) is -3.99. The summed E-state index contributed by atoms with van der Waals surface area (Å²) < 4.78 is 62.7. The molecular weight excluding hydrogens is 454 g/mol. The zero-order valence-electron chi connectivity index (χ0n) is 16.7. The quantitative estimate of drug-likeness (QED) is 0.684. The van der Waals surface area contributed by atoms with Crippen molar-refractivity contribution < 1.29 is 31.5 Å². The highest BCUT2D eigenvalue weighted by molar-refractivity contribution is 7.89. The molecule has 2 unspecified atom stereocenters. The van der Waals surface area contributed by atoms with Crippen LogP contribution in [-0.2, 0) is 14.8 Å². The van der Waals surface area contributed by atoms with Crippen LogP contribution in [0.1, 0.15) is 24.2 Å². The highest BCUT2D eigenvalue weighted by atomic mass is 35.5. The number of ether oxygens (including phenoxy) is 2. The van der Waals surface area contributed by atoms with E-state index < -0.39 is 22.5 Å². The molecule has 0 bridgehead atoms. The third-order valence-corrected chi connectivity index (χ3v) is 6.86. The van der Waals surface area contributed by atoms with Crippen LogP contribution in [0.4, 0.5) is 14.5 Å². The van der Waals surface area contributed by atoms with Crippen LogP contribution >= 0.6 is 11.6 Å². The van der Waals surface area contributed by atoms with Gasteiger partial charge in [-0.15, -0.1) is 0 Å². The molecule has 1 aliphatic rings. The lowest BCUT2D eigenvalue weighted by atomic mass is 10.2. The van der Waals surface area contributed by atoms with Crippen LogP contribution in [0.5, 0.6) is 5.75 Å². The first-order valence-corrected chi connectivity index (χ1v) is 11.2. The van der Waals surface area contributed by atoms with Crippen molar-refractivity contribution in [2.45, 2.75) is 37.6 Å². The van der Waals surface area contributed by atoms with Gasteiger partial charge in [0.2, 0.25) is 10.0 Å². The minimum Gasteiger partial charge on any atom is -0.433 e. The Morgan fingerprint density at radius 2 is 1.84 bits per heavy atom. The van der Waals surface area contributed by atoms with E-state index >= 15 is 0 Å². The fraction of sp³-hybridized carbons (Fsp3) is 0.350. The molecule has 0 aromatic heterocycles. The summed E-state index contributed by atoms with van der Waals surface area (Å²) in [6.07, 6.45) is -0.592. The van der Waals surface area contributed by atoms with Gasteiger partial charge in [-0.2, -0.15) is 13.1 Å². The Hall–Kier alpha value is -2.27. The first-order chi connectivity index (χ1) is 14.6. The summed E-state index contributed by atoms with van der Waals surface area (Å²) in [5.41, 5.74) is 0.00664. The number of alkyl halides is 2. The Morgan fingerprint density at radius 3 is 2.48 bits per heavy atom. The molecule has 0 aliphatic carbocycles. The number of carbonyl (C=O) groups is 1. The number of para-hydroxylation sites is 2. The summed E-state index contributed by atoms with van der Waals surface area (Å²) in [4.78, 5) is 12.5. The van der Waals surface area contributed by atoms with Gasteiger partial charge in [-0.25, -0.2) is 8.42 Å². The van der Waals surface area contributed by atoms with E-state index in [1.165, 1.54) is 40.7 Å². The van der Waals surface area contributed by atoms with E-state index in [1.807, 2.05) is 0 Å². The predicted octanol–water partition coefficient (Wildman–Crippen LogP) is 3.99. The second kappa shape index (κ2) is 9.47. The van der Waals surface area contributed by atoms with Crippen molar-refractivity contribution in [2.75, 3.05) is 18.4 Å². The molecule has 2 atom stereocenters. The number of morpholine rings is 1. The lowest BCUT2D eigenvalue weighted by Crippen LogP contribution is -2.48. The summed E-state index contributed by atoms with van der Waals surface area (Å²) in [6.45, 7) is 0.768. The highest BCUT2D eigenvalue weighted by Crippen LogP contribution is 2.30. The van der Waals surface area contributed by atoms with Crippen LogP contribution in [0.2, 0.25) is 5.02 Å². The smallest absolute Gasteiger partial charge is 0.387 e. The van der Waals surface area contributed by atoms with Crippen LogP contribution in [0.3, 0.4) is 0 Å². The maximum absolute atomic E-state index is 13.2. The van der Waals surface area contributed by atoms with E-state index in [-0.39, 0.29) is 52.2 Å². The minimum atomic E-state index is -3.99. The maximum atomic E-state index is 13.2. The third-order valence-electron chi connectivity index (χ3n) is 4.55. The molecule has 1 aliphatic heterocycles. The van der Waals surface area contributed by atoms with Gasteiger partial charge in [0.15, 0.2) is 0 Å². The number of hydrogen-bond acceptors (Lipinski definition) is 5. The number of anilines is 1. The standard InChI is InChI=1S/C20H21ClF2N2O5S/c1-12-10-25(11-13(2)29-12)31(27,28)18-9-14(7-8-15(18)21)19(26)24-16-5-3-4-6-17(16)30-20(22)23/h3-9,12-13,20H,10-11H2,1-2H3,(H,24,26). The number of benzene rings is 2. The summed E-state index contributed by atoms with van der Waals surface area (Å²) in [5.74, 6) is -0.925. The van der Waals surface area contributed by atoms with Crippen molar-refractivity contribution in [3.63, 3.8) is 0 Å². The van der Waals surface area contributed by atoms with Gasteiger partial charge in [0.1, 0.15) is 10.6 Å². The van der Waals surface area contributed by atoms with Gasteiger partial charge in [0, 0.05) is 18.7 Å². The number of nitrogens with zero attached hydrogens (tertiary/aromatic N) is 1. The number of halogens is 3. The monoisotopic (exact) mass is 474 g/mol. The van der Waals surface area contributed by atoms with E-state index in [0.717, 1.165) is 6.07 Å². The van der Waals surface area contributed by atoms with Crippen LogP contribution in [0.25, 0.3) is 0 Å². The van der Waals surface area contributed by atoms with Gasteiger partial charge in [-0.3, -0.25) is 4.79 Å². The van der Waals surface area contributed by atoms with Gasteiger partial charge >= 0.3 is 6.61 Å². The second-order valence-electron chi connectivity index (χ2n) is 7.05. The average molecular weight is 475 g/mol. The Bertz CT molecular complexity index is 1060. The summed E-state index contributed by atoms with van der Waals surface area (Å²) >= 11 is 6.15. The summed E-state index contributed by atoms with van der Waals surface area (Å²) in [6, 6.07) is 9.49. The highest BCUT2D eigenvalue weighted by Gasteiger charge is 2.34. The molecule has 11 heteroatoms. The fourth-order valence-electron chi connectivity index (χ4n) is 3.27. The minimum absolute atomic E-state index is 0.0100. The van der Waals surface area contributed by atoms with E-state index in [1.54, 1.807) is 13.8 Å². The van der Waals surface area contributed by atoms with E-state index in [2.05, 4.69) is 10.1 Å². The molecule has 2 aromatic rings. The second-order valence-corrected chi connectivity index (χ2v) is 9.37. The average Bonchev–Trinajstić information content (AvgIpc) is 2.68. The molecule has 3 rings (SSSR count). The lowest BCUT2D eigenvalue weighted by molar-refractivity contribution is -0.0493. The molecule has 7 nitrogen and oxygen atoms in total. The first kappa shape index (κ1) is 23.4. The molecule has 1 saturated heterocycles. The summed E-state index contributed by atoms with van der Waals surface area (Å²) in [5, 5.41) is 2.42. The van der Waals surface area contributed by atoms with Crippen LogP contribution in [0, 0.1) is 0 Å². The van der Waals surface area contributed by atoms with Crippen molar-refractivity contribution in [1.29, 1.82) is 0 Å². The number of nitrogens with one attached hydrogen (secondary N) is 1. The molecule has 1 fully saturated rings. The molecule has 0 saturated carbocycles. The van der Waals surface area contributed by atoms with Crippen LogP contribution in [0.15, 0.2) is 47.4 Å². The van der Waals surface area contributed by atoms with Crippen LogP contribution in [-0.4, -0.2) is 50.5 Å². The normalized spacial score (nSPS) is 19.9. The first-order valence-electron chi connectivity index (χ1n) is 9.38. The third kappa shape index (κ3) is 5.51. The Labute approximate surface area is 183 Å².